The molecule has 4 aromatic carbocycles. The number of nitrogens with zero attached hydrogens (tertiary/aromatic N) is 2. The maximum Gasteiger partial charge on any atom is 0.153 e. The van der Waals surface area contributed by atoms with Gasteiger partial charge in [-0.15, -0.1) is 0 Å². The molecule has 8 rings (SSSR count). The zero-order valence-electron chi connectivity index (χ0n) is 30.2. The number of benzene rings is 4. The van der Waals surface area contributed by atoms with Crippen LogP contribution in [0.3, 0.4) is 0 Å². The Kier molecular flexibility index (Phi) is 9.32. The van der Waals surface area contributed by atoms with Gasteiger partial charge >= 0.3 is 0 Å². The van der Waals surface area contributed by atoms with Gasteiger partial charge in [0.05, 0.1) is 22.8 Å². The Morgan fingerprint density at radius 3 is 1.02 bits per heavy atom. The molecule has 2 N–H and O–H groups in total. The van der Waals surface area contributed by atoms with Gasteiger partial charge in [0.15, 0.2) is 12.5 Å². The summed E-state index contributed by atoms with van der Waals surface area (Å²) in [5.74, 6) is 0.554. The Labute approximate surface area is 307 Å². The number of pyridine rings is 2. The van der Waals surface area contributed by atoms with E-state index in [0.29, 0.717) is 0 Å². The smallest absolute Gasteiger partial charge is 0.153 e. The van der Waals surface area contributed by atoms with Gasteiger partial charge in [0.25, 0.3) is 0 Å². The van der Waals surface area contributed by atoms with E-state index in [4.69, 9.17) is 19.4 Å². The lowest BCUT2D eigenvalue weighted by Crippen LogP contribution is -2.45. The molecule has 0 aliphatic carbocycles. The number of rotatable bonds is 9. The summed E-state index contributed by atoms with van der Waals surface area (Å²) >= 11 is 0. The maximum atomic E-state index is 7.19. The Morgan fingerprint density at radius 2 is 0.731 bits per heavy atom. The lowest BCUT2D eigenvalue weighted by atomic mass is 9.76. The lowest BCUT2D eigenvalue weighted by molar-refractivity contribution is -0.0317. The molecule has 4 heterocycles. The van der Waals surface area contributed by atoms with Crippen LogP contribution in [0, 0.1) is 11.8 Å². The van der Waals surface area contributed by atoms with Crippen LogP contribution in [0.15, 0.2) is 158 Å². The minimum absolute atomic E-state index is 0.00296. The summed E-state index contributed by atoms with van der Waals surface area (Å²) in [7, 11) is 0. The molecule has 2 aliphatic rings. The first-order chi connectivity index (χ1) is 25.4. The van der Waals surface area contributed by atoms with Crippen LogP contribution in [0.1, 0.15) is 73.8 Å². The summed E-state index contributed by atoms with van der Waals surface area (Å²) in [6.07, 6.45) is -0.861. The standard InChI is InChI=1S/C46H46N4O2/c1-31(2)41-45(33-19-9-5-10-20-33,34-21-11-6-12-22-34)51-43(49-41)39-29-17-27-37(47-39)38-28-18-30-40(48-38)44-50-42(32(3)4)46(52-44,35-23-13-7-14-24-35)36-25-15-8-16-26-36/h5-32,41-44,49-50H,1-4H3/t41-,42-,43?,44?/m0/s1. The number of nitrogens with one attached hydrogen (secondary N) is 2. The highest BCUT2D eigenvalue weighted by Crippen LogP contribution is 2.49. The average Bonchev–Trinajstić information content (AvgIpc) is 3.82. The molecule has 2 saturated heterocycles. The van der Waals surface area contributed by atoms with Crippen molar-refractivity contribution in [1.29, 1.82) is 0 Å². The molecule has 0 saturated carbocycles. The molecule has 0 amide bonds. The molecule has 52 heavy (non-hydrogen) atoms. The highest BCUT2D eigenvalue weighted by Gasteiger charge is 2.54. The molecule has 6 aromatic rings. The first-order valence-corrected chi connectivity index (χ1v) is 18.4. The minimum Gasteiger partial charge on any atom is -0.340 e. The zero-order chi connectivity index (χ0) is 35.7. The molecule has 6 nitrogen and oxygen atoms in total. The van der Waals surface area contributed by atoms with E-state index in [-0.39, 0.29) is 23.9 Å². The van der Waals surface area contributed by atoms with Crippen LogP contribution in [0.4, 0.5) is 0 Å². The van der Waals surface area contributed by atoms with Gasteiger partial charge < -0.3 is 9.47 Å². The largest absolute Gasteiger partial charge is 0.340 e. The quantitative estimate of drug-likeness (QED) is 0.158. The molecule has 2 aromatic heterocycles. The Balaban J connectivity index is 1.14. The molecule has 2 unspecified atom stereocenters. The fourth-order valence-corrected chi connectivity index (χ4v) is 8.31. The summed E-state index contributed by atoms with van der Waals surface area (Å²) in [5.41, 5.74) is 6.25. The molecule has 4 atom stereocenters. The molecule has 0 spiro atoms. The Hall–Kier alpha value is -4.98. The molecule has 262 valence electrons. The average molecular weight is 687 g/mol. The first-order valence-electron chi connectivity index (χ1n) is 18.4. The van der Waals surface area contributed by atoms with Crippen molar-refractivity contribution in [2.24, 2.45) is 11.8 Å². The van der Waals surface area contributed by atoms with Crippen molar-refractivity contribution >= 4 is 0 Å². The van der Waals surface area contributed by atoms with E-state index >= 15 is 0 Å². The summed E-state index contributed by atoms with van der Waals surface area (Å²) in [4.78, 5) is 10.4. The van der Waals surface area contributed by atoms with Gasteiger partial charge in [-0.25, -0.2) is 9.97 Å². The molecule has 2 fully saturated rings. The SMILES string of the molecule is CC(C)[C@@H]1NC(c2cccc(-c3cccc(C4N[C@@H](C(C)C)C(c5ccccc5)(c5ccccc5)O4)n3)n2)OC1(c1ccccc1)c1ccccc1. The lowest BCUT2D eigenvalue weighted by Gasteiger charge is -2.37. The van der Waals surface area contributed by atoms with Crippen molar-refractivity contribution in [1.82, 2.24) is 20.6 Å². The summed E-state index contributed by atoms with van der Waals surface area (Å²) in [5, 5.41) is 7.70. The topological polar surface area (TPSA) is 68.3 Å². The van der Waals surface area contributed by atoms with E-state index in [1.165, 1.54) is 0 Å². The molecular formula is C46H46N4O2. The van der Waals surface area contributed by atoms with Crippen LogP contribution in [0.25, 0.3) is 11.4 Å². The second-order valence-corrected chi connectivity index (χ2v) is 14.6. The van der Waals surface area contributed by atoms with Crippen molar-refractivity contribution in [3.05, 3.63) is 191 Å². The van der Waals surface area contributed by atoms with Crippen LogP contribution in [0.5, 0.6) is 0 Å². The van der Waals surface area contributed by atoms with Gasteiger partial charge in [-0.05, 0) is 58.4 Å². The van der Waals surface area contributed by atoms with Gasteiger partial charge in [0.1, 0.15) is 11.2 Å². The number of aromatic nitrogens is 2. The summed E-state index contributed by atoms with van der Waals surface area (Å²) < 4.78 is 14.4. The molecule has 0 radical (unpaired) electrons. The monoisotopic (exact) mass is 686 g/mol. The predicted molar refractivity (Wildman–Crippen MR) is 206 cm³/mol. The van der Waals surface area contributed by atoms with E-state index in [0.717, 1.165) is 45.0 Å². The van der Waals surface area contributed by atoms with E-state index in [1.54, 1.807) is 0 Å². The Morgan fingerprint density at radius 1 is 0.423 bits per heavy atom. The third-order valence-corrected chi connectivity index (χ3v) is 10.6. The first kappa shape index (κ1) is 34.1. The van der Waals surface area contributed by atoms with Crippen molar-refractivity contribution in [2.75, 3.05) is 0 Å². The van der Waals surface area contributed by atoms with E-state index in [1.807, 2.05) is 36.4 Å². The van der Waals surface area contributed by atoms with Crippen LogP contribution >= 0.6 is 0 Å². The Bertz CT molecular complexity index is 1860. The van der Waals surface area contributed by atoms with Gasteiger partial charge in [-0.3, -0.25) is 10.6 Å². The normalized spacial score (nSPS) is 22.2. The van der Waals surface area contributed by atoms with Crippen molar-refractivity contribution in [3.8, 4) is 11.4 Å². The number of hydrogen-bond acceptors (Lipinski definition) is 6. The van der Waals surface area contributed by atoms with Gasteiger partial charge in [0, 0.05) is 12.1 Å². The fraction of sp³-hybridized carbons (Fsp3) is 0.261. The minimum atomic E-state index is -0.695. The summed E-state index contributed by atoms with van der Waals surface area (Å²) in [6, 6.07) is 54.4. The second-order valence-electron chi connectivity index (χ2n) is 14.6. The van der Waals surface area contributed by atoms with Gasteiger partial charge in [-0.1, -0.05) is 161 Å². The van der Waals surface area contributed by atoms with E-state index in [2.05, 4.69) is 160 Å². The molecule has 6 heteroatoms. The summed E-state index contributed by atoms with van der Waals surface area (Å²) in [6.45, 7) is 8.99. The van der Waals surface area contributed by atoms with Crippen LogP contribution in [-0.2, 0) is 20.7 Å². The van der Waals surface area contributed by atoms with Crippen molar-refractivity contribution < 1.29 is 9.47 Å². The van der Waals surface area contributed by atoms with E-state index in [9.17, 15) is 0 Å². The highest BCUT2D eigenvalue weighted by atomic mass is 16.5. The molecular weight excluding hydrogens is 641 g/mol. The molecule has 0 bridgehead atoms. The van der Waals surface area contributed by atoms with Crippen LogP contribution in [0.2, 0.25) is 0 Å². The third kappa shape index (κ3) is 5.96. The fourth-order valence-electron chi connectivity index (χ4n) is 8.31. The van der Waals surface area contributed by atoms with Gasteiger partial charge in [-0.2, -0.15) is 0 Å². The maximum absolute atomic E-state index is 7.19. The van der Waals surface area contributed by atoms with Crippen LogP contribution in [-0.4, -0.2) is 22.1 Å². The molecule has 2 aliphatic heterocycles. The van der Waals surface area contributed by atoms with Gasteiger partial charge in [0.2, 0.25) is 0 Å². The van der Waals surface area contributed by atoms with E-state index < -0.39 is 23.7 Å². The third-order valence-electron chi connectivity index (χ3n) is 10.6. The van der Waals surface area contributed by atoms with Crippen molar-refractivity contribution in [3.63, 3.8) is 0 Å². The van der Waals surface area contributed by atoms with Crippen molar-refractivity contribution in [2.45, 2.75) is 63.4 Å². The number of hydrogen-bond donors (Lipinski definition) is 2. The predicted octanol–water partition coefficient (Wildman–Crippen LogP) is 9.32. The second kappa shape index (κ2) is 14.2. The highest BCUT2D eigenvalue weighted by molar-refractivity contribution is 5.55. The van der Waals surface area contributed by atoms with Crippen LogP contribution < -0.4 is 10.6 Å². The zero-order valence-corrected chi connectivity index (χ0v) is 30.2. The number of ether oxygens (including phenoxy) is 2.